The minimum absolute atomic E-state index is 0.0343. The smallest absolute Gasteiger partial charge is 0.417 e. The van der Waals surface area contributed by atoms with Gasteiger partial charge in [-0.3, -0.25) is 4.79 Å². The zero-order valence-corrected chi connectivity index (χ0v) is 23.3. The lowest BCUT2D eigenvalue weighted by Crippen LogP contribution is -2.48. The summed E-state index contributed by atoms with van der Waals surface area (Å²) in [6.07, 6.45) is -3.64. The third-order valence-electron chi connectivity index (χ3n) is 7.52. The molecule has 3 heterocycles. The Morgan fingerprint density at radius 2 is 1.98 bits per heavy atom. The summed E-state index contributed by atoms with van der Waals surface area (Å²) in [5.41, 5.74) is 0.620. The Balaban J connectivity index is 1.29. The lowest BCUT2D eigenvalue weighted by Gasteiger charge is -2.39. The van der Waals surface area contributed by atoms with Crippen molar-refractivity contribution in [1.82, 2.24) is 15.3 Å². The zero-order chi connectivity index (χ0) is 29.5. The predicted molar refractivity (Wildman–Crippen MR) is 155 cm³/mol. The molecule has 3 aromatic carbocycles. The van der Waals surface area contributed by atoms with E-state index < -0.39 is 23.2 Å². The van der Waals surface area contributed by atoms with Gasteiger partial charge in [0, 0.05) is 42.6 Å². The molecule has 1 aromatic heterocycles. The van der Waals surface area contributed by atoms with Crippen molar-refractivity contribution in [1.29, 1.82) is 0 Å². The number of imidazole rings is 1. The summed E-state index contributed by atoms with van der Waals surface area (Å²) in [6.45, 7) is 6.90. The maximum Gasteiger partial charge on any atom is 0.417 e. The number of alkyl halides is 3. The number of hydrogen-bond donors (Lipinski definition) is 3. The highest BCUT2D eigenvalue weighted by Gasteiger charge is 2.36. The van der Waals surface area contributed by atoms with Crippen LogP contribution >= 0.6 is 0 Å². The molecule has 2 aliphatic rings. The lowest BCUT2D eigenvalue weighted by molar-refractivity contribution is -0.137. The number of ether oxygens (including phenoxy) is 2. The standard InChI is InChI=1S/C31H32F3N5O3/c1-30(2)18-39(13-14-41-30)20-9-10-23(25(16-20)31(32,33)34)28-37-26-8-4-7-24(27(26)38-28)29(40)36-19-5-3-6-21(15-19)42-22-11-12-35-17-22/h3-10,15-16,22,35H,11-14,17-18H2,1-2H3,(H,36,40)(H,37,38). The molecule has 1 atom stereocenters. The van der Waals surface area contributed by atoms with Crippen LogP contribution in [-0.4, -0.2) is 60.4 Å². The van der Waals surface area contributed by atoms with Gasteiger partial charge in [-0.15, -0.1) is 0 Å². The summed E-state index contributed by atoms with van der Waals surface area (Å²) in [7, 11) is 0. The molecule has 2 aliphatic heterocycles. The summed E-state index contributed by atoms with van der Waals surface area (Å²) in [6, 6.07) is 16.3. The monoisotopic (exact) mass is 579 g/mol. The average molecular weight is 580 g/mol. The zero-order valence-electron chi connectivity index (χ0n) is 23.3. The first-order chi connectivity index (χ1) is 20.1. The van der Waals surface area contributed by atoms with Crippen molar-refractivity contribution in [2.45, 2.75) is 38.1 Å². The second-order valence-corrected chi connectivity index (χ2v) is 11.3. The highest BCUT2D eigenvalue weighted by Crippen LogP contribution is 2.40. The van der Waals surface area contributed by atoms with Crippen molar-refractivity contribution in [3.8, 4) is 17.1 Å². The van der Waals surface area contributed by atoms with Gasteiger partial charge < -0.3 is 30.0 Å². The number of aromatic amines is 1. The lowest BCUT2D eigenvalue weighted by atomic mass is 10.0. The Labute approximate surface area is 241 Å². The van der Waals surface area contributed by atoms with Crippen molar-refractivity contribution in [3.05, 3.63) is 71.8 Å². The van der Waals surface area contributed by atoms with Crippen molar-refractivity contribution >= 4 is 28.3 Å². The van der Waals surface area contributed by atoms with Gasteiger partial charge in [-0.2, -0.15) is 13.2 Å². The van der Waals surface area contributed by atoms with Gasteiger partial charge in [-0.05, 0) is 69.3 Å². The van der Waals surface area contributed by atoms with Crippen molar-refractivity contribution in [2.75, 3.05) is 43.0 Å². The number of para-hydroxylation sites is 1. The number of morpholine rings is 1. The number of carbonyl (C=O) groups excluding carboxylic acids is 1. The van der Waals surface area contributed by atoms with Gasteiger partial charge in [0.25, 0.3) is 5.91 Å². The molecule has 220 valence electrons. The highest BCUT2D eigenvalue weighted by atomic mass is 19.4. The maximum atomic E-state index is 14.3. The van der Waals surface area contributed by atoms with Crippen LogP contribution in [0.1, 0.15) is 36.2 Å². The summed E-state index contributed by atoms with van der Waals surface area (Å²) < 4.78 is 54.7. The molecule has 0 radical (unpaired) electrons. The summed E-state index contributed by atoms with van der Waals surface area (Å²) >= 11 is 0. The second kappa shape index (κ2) is 11.0. The fourth-order valence-corrected chi connectivity index (χ4v) is 5.52. The Hall–Kier alpha value is -4.09. The van der Waals surface area contributed by atoms with Crippen molar-refractivity contribution in [3.63, 3.8) is 0 Å². The van der Waals surface area contributed by atoms with Gasteiger partial charge in [0.05, 0.1) is 28.9 Å². The average Bonchev–Trinajstić information content (AvgIpc) is 3.62. The van der Waals surface area contributed by atoms with Crippen LogP contribution in [-0.2, 0) is 10.9 Å². The number of aromatic nitrogens is 2. The Morgan fingerprint density at radius 1 is 1.14 bits per heavy atom. The number of amides is 1. The molecule has 0 aliphatic carbocycles. The topological polar surface area (TPSA) is 91.5 Å². The van der Waals surface area contributed by atoms with E-state index in [-0.39, 0.29) is 28.6 Å². The van der Waals surface area contributed by atoms with Gasteiger partial charge in [0.2, 0.25) is 0 Å². The number of fused-ring (bicyclic) bond motifs is 1. The predicted octanol–water partition coefficient (Wildman–Crippen LogP) is 5.86. The van der Waals surface area contributed by atoms with E-state index in [0.29, 0.717) is 42.3 Å². The third-order valence-corrected chi connectivity index (χ3v) is 7.52. The van der Waals surface area contributed by atoms with E-state index in [1.54, 1.807) is 42.5 Å². The number of rotatable bonds is 6. The maximum absolute atomic E-state index is 14.3. The van der Waals surface area contributed by atoms with E-state index in [0.717, 1.165) is 25.6 Å². The first kappa shape index (κ1) is 28.0. The first-order valence-corrected chi connectivity index (χ1v) is 13.9. The van der Waals surface area contributed by atoms with E-state index in [2.05, 4.69) is 20.6 Å². The van der Waals surface area contributed by atoms with Crippen LogP contribution < -0.4 is 20.3 Å². The number of nitrogens with one attached hydrogen (secondary N) is 3. The van der Waals surface area contributed by atoms with Crippen LogP contribution in [0.5, 0.6) is 5.75 Å². The normalized spacial score (nSPS) is 18.8. The first-order valence-electron chi connectivity index (χ1n) is 13.9. The van der Waals surface area contributed by atoms with Gasteiger partial charge in [-0.25, -0.2) is 4.98 Å². The largest absolute Gasteiger partial charge is 0.489 e. The molecular weight excluding hydrogens is 547 g/mol. The summed E-state index contributed by atoms with van der Waals surface area (Å²) in [5.74, 6) is 0.247. The molecule has 4 aromatic rings. The van der Waals surface area contributed by atoms with E-state index in [1.807, 2.05) is 24.8 Å². The molecule has 0 spiro atoms. The number of carbonyl (C=O) groups is 1. The molecule has 6 rings (SSSR count). The van der Waals surface area contributed by atoms with Crippen LogP contribution in [0.3, 0.4) is 0 Å². The third kappa shape index (κ3) is 5.93. The molecule has 11 heteroatoms. The number of H-pyrrole nitrogens is 1. The molecule has 2 saturated heterocycles. The minimum atomic E-state index is -4.62. The van der Waals surface area contributed by atoms with E-state index in [9.17, 15) is 18.0 Å². The number of halogens is 3. The Kier molecular flexibility index (Phi) is 7.32. The fraction of sp³-hybridized carbons (Fsp3) is 0.355. The summed E-state index contributed by atoms with van der Waals surface area (Å²) in [5, 5.41) is 6.12. The van der Waals surface area contributed by atoms with Crippen molar-refractivity contribution in [2.24, 2.45) is 0 Å². The summed E-state index contributed by atoms with van der Waals surface area (Å²) in [4.78, 5) is 22.7. The highest BCUT2D eigenvalue weighted by molar-refractivity contribution is 6.11. The molecule has 8 nitrogen and oxygen atoms in total. The van der Waals surface area contributed by atoms with Crippen LogP contribution in [0, 0.1) is 0 Å². The van der Waals surface area contributed by atoms with Gasteiger partial charge in [-0.1, -0.05) is 12.1 Å². The van der Waals surface area contributed by atoms with Crippen LogP contribution in [0.2, 0.25) is 0 Å². The Bertz CT molecular complexity index is 1610. The minimum Gasteiger partial charge on any atom is -0.489 e. The van der Waals surface area contributed by atoms with Gasteiger partial charge in [0.1, 0.15) is 23.2 Å². The van der Waals surface area contributed by atoms with E-state index in [4.69, 9.17) is 9.47 Å². The number of nitrogens with zero attached hydrogens (tertiary/aromatic N) is 2. The molecule has 3 N–H and O–H groups in total. The van der Waals surface area contributed by atoms with Crippen LogP contribution in [0.25, 0.3) is 22.4 Å². The SMILES string of the molecule is CC1(C)CN(c2ccc(-c3nc4c(C(=O)Nc5cccc(OC6CCNC6)c5)cccc4[nH]3)c(C(F)(F)F)c2)CCO1. The molecule has 1 unspecified atom stereocenters. The molecule has 0 bridgehead atoms. The fourth-order valence-electron chi connectivity index (χ4n) is 5.52. The van der Waals surface area contributed by atoms with E-state index in [1.165, 1.54) is 6.07 Å². The van der Waals surface area contributed by atoms with Gasteiger partial charge >= 0.3 is 6.18 Å². The Morgan fingerprint density at radius 3 is 2.74 bits per heavy atom. The van der Waals surface area contributed by atoms with Crippen LogP contribution in [0.4, 0.5) is 24.5 Å². The van der Waals surface area contributed by atoms with E-state index >= 15 is 0 Å². The number of benzene rings is 3. The van der Waals surface area contributed by atoms with Gasteiger partial charge in [0.15, 0.2) is 0 Å². The molecule has 0 saturated carbocycles. The number of hydrogen-bond acceptors (Lipinski definition) is 6. The number of anilines is 2. The quantitative estimate of drug-likeness (QED) is 0.265. The second-order valence-electron chi connectivity index (χ2n) is 11.3. The molecule has 42 heavy (non-hydrogen) atoms. The molecule has 1 amide bonds. The van der Waals surface area contributed by atoms with Crippen molar-refractivity contribution < 1.29 is 27.4 Å². The van der Waals surface area contributed by atoms with Crippen LogP contribution in [0.15, 0.2) is 60.7 Å². The molecule has 2 fully saturated rings. The molecular formula is C31H32F3N5O3.